The van der Waals surface area contributed by atoms with E-state index in [-0.39, 0.29) is 11.4 Å². The van der Waals surface area contributed by atoms with Crippen LogP contribution in [0.2, 0.25) is 0 Å². The van der Waals surface area contributed by atoms with Crippen LogP contribution in [0.15, 0.2) is 18.2 Å². The SMILES string of the molecule is CN(C)CCOc1cc(F)cc(CNC(C)(C)C)c1. The molecule has 0 bridgehead atoms. The van der Waals surface area contributed by atoms with E-state index in [1.807, 2.05) is 25.1 Å². The van der Waals surface area contributed by atoms with Gasteiger partial charge in [-0.25, -0.2) is 4.39 Å². The molecular weight excluding hydrogens is 243 g/mol. The van der Waals surface area contributed by atoms with E-state index in [4.69, 9.17) is 4.74 Å². The van der Waals surface area contributed by atoms with Crippen molar-refractivity contribution >= 4 is 0 Å². The predicted molar refractivity (Wildman–Crippen MR) is 77.0 cm³/mol. The molecule has 19 heavy (non-hydrogen) atoms. The first kappa shape index (κ1) is 15.9. The van der Waals surface area contributed by atoms with Crippen LogP contribution in [0.3, 0.4) is 0 Å². The summed E-state index contributed by atoms with van der Waals surface area (Å²) in [4.78, 5) is 2.03. The Morgan fingerprint density at radius 1 is 1.21 bits per heavy atom. The fourth-order valence-electron chi connectivity index (χ4n) is 1.52. The lowest BCUT2D eigenvalue weighted by Gasteiger charge is -2.21. The van der Waals surface area contributed by atoms with E-state index in [0.29, 0.717) is 18.9 Å². The summed E-state index contributed by atoms with van der Waals surface area (Å²) in [5.41, 5.74) is 0.910. The summed E-state index contributed by atoms with van der Waals surface area (Å²) in [6, 6.07) is 4.85. The van der Waals surface area contributed by atoms with Crippen LogP contribution in [0.25, 0.3) is 0 Å². The number of nitrogens with zero attached hydrogens (tertiary/aromatic N) is 1. The highest BCUT2D eigenvalue weighted by atomic mass is 19.1. The van der Waals surface area contributed by atoms with Crippen LogP contribution in [0.5, 0.6) is 5.75 Å². The van der Waals surface area contributed by atoms with Gasteiger partial charge in [0.15, 0.2) is 0 Å². The van der Waals surface area contributed by atoms with Crippen molar-refractivity contribution < 1.29 is 9.13 Å². The Balaban J connectivity index is 2.61. The first-order valence-corrected chi connectivity index (χ1v) is 6.58. The Morgan fingerprint density at radius 3 is 2.47 bits per heavy atom. The number of likely N-dealkylation sites (N-methyl/N-ethyl adjacent to an activating group) is 1. The monoisotopic (exact) mass is 268 g/mol. The minimum Gasteiger partial charge on any atom is -0.492 e. The molecule has 0 aliphatic heterocycles. The summed E-state index contributed by atoms with van der Waals surface area (Å²) in [5.74, 6) is 0.334. The summed E-state index contributed by atoms with van der Waals surface area (Å²) in [5, 5.41) is 3.34. The number of nitrogens with one attached hydrogen (secondary N) is 1. The summed E-state index contributed by atoms with van der Waals surface area (Å²) in [6.07, 6.45) is 0. The van der Waals surface area contributed by atoms with Gasteiger partial charge in [-0.2, -0.15) is 0 Å². The maximum atomic E-state index is 13.5. The van der Waals surface area contributed by atoms with Crippen LogP contribution in [0.4, 0.5) is 4.39 Å². The van der Waals surface area contributed by atoms with Gasteiger partial charge in [0.05, 0.1) is 0 Å². The van der Waals surface area contributed by atoms with Gasteiger partial charge in [0.1, 0.15) is 18.2 Å². The lowest BCUT2D eigenvalue weighted by Crippen LogP contribution is -2.35. The molecule has 1 aromatic rings. The summed E-state index contributed by atoms with van der Waals surface area (Å²) >= 11 is 0. The zero-order chi connectivity index (χ0) is 14.5. The Labute approximate surface area is 115 Å². The van der Waals surface area contributed by atoms with Crippen molar-refractivity contribution in [3.8, 4) is 5.75 Å². The molecule has 1 rings (SSSR count). The van der Waals surface area contributed by atoms with Gasteiger partial charge in [-0.3, -0.25) is 0 Å². The van der Waals surface area contributed by atoms with Gasteiger partial charge < -0.3 is 15.0 Å². The van der Waals surface area contributed by atoms with Crippen LogP contribution < -0.4 is 10.1 Å². The molecule has 0 aliphatic rings. The number of hydrogen-bond acceptors (Lipinski definition) is 3. The quantitative estimate of drug-likeness (QED) is 0.858. The second-order valence-corrected chi connectivity index (χ2v) is 6.05. The molecule has 0 saturated heterocycles. The molecule has 108 valence electrons. The average molecular weight is 268 g/mol. The molecule has 0 heterocycles. The maximum absolute atomic E-state index is 13.5. The van der Waals surface area contributed by atoms with E-state index in [2.05, 4.69) is 26.1 Å². The molecule has 3 nitrogen and oxygen atoms in total. The standard InChI is InChI=1S/C15H25FN2O/c1-15(2,3)17-11-12-8-13(16)10-14(9-12)19-7-6-18(4)5/h8-10,17H,6-7,11H2,1-5H3. The van der Waals surface area contributed by atoms with E-state index >= 15 is 0 Å². The normalized spacial score (nSPS) is 11.9. The van der Waals surface area contributed by atoms with Gasteiger partial charge in [0.25, 0.3) is 0 Å². The molecule has 0 saturated carbocycles. The second kappa shape index (κ2) is 6.87. The van der Waals surface area contributed by atoms with Crippen molar-refractivity contribution in [1.82, 2.24) is 10.2 Å². The Hall–Kier alpha value is -1.13. The molecule has 1 N–H and O–H groups in total. The predicted octanol–water partition coefficient (Wildman–Crippen LogP) is 2.65. The highest BCUT2D eigenvalue weighted by molar-refractivity contribution is 5.29. The molecule has 0 aromatic heterocycles. The third-order valence-corrected chi connectivity index (χ3v) is 2.56. The van der Waals surface area contributed by atoms with Crippen LogP contribution in [-0.2, 0) is 6.54 Å². The number of ether oxygens (including phenoxy) is 1. The van der Waals surface area contributed by atoms with Gasteiger partial charge in [-0.15, -0.1) is 0 Å². The zero-order valence-corrected chi connectivity index (χ0v) is 12.6. The number of rotatable bonds is 6. The van der Waals surface area contributed by atoms with Crippen LogP contribution in [-0.4, -0.2) is 37.7 Å². The summed E-state index contributed by atoms with van der Waals surface area (Å²) in [7, 11) is 3.96. The highest BCUT2D eigenvalue weighted by Gasteiger charge is 2.09. The Morgan fingerprint density at radius 2 is 1.89 bits per heavy atom. The van der Waals surface area contributed by atoms with Crippen LogP contribution >= 0.6 is 0 Å². The zero-order valence-electron chi connectivity index (χ0n) is 12.6. The molecule has 4 heteroatoms. The van der Waals surface area contributed by atoms with E-state index in [1.165, 1.54) is 12.1 Å². The van der Waals surface area contributed by atoms with Crippen molar-refractivity contribution in [2.24, 2.45) is 0 Å². The van der Waals surface area contributed by atoms with Crippen molar-refractivity contribution in [3.63, 3.8) is 0 Å². The summed E-state index contributed by atoms with van der Waals surface area (Å²) < 4.78 is 19.1. The van der Waals surface area contributed by atoms with E-state index in [0.717, 1.165) is 12.1 Å². The first-order valence-electron chi connectivity index (χ1n) is 6.58. The van der Waals surface area contributed by atoms with Gasteiger partial charge in [0.2, 0.25) is 0 Å². The first-order chi connectivity index (χ1) is 8.76. The molecule has 0 radical (unpaired) electrons. The fraction of sp³-hybridized carbons (Fsp3) is 0.600. The van der Waals surface area contributed by atoms with Gasteiger partial charge in [-0.1, -0.05) is 0 Å². The second-order valence-electron chi connectivity index (χ2n) is 6.05. The molecule has 0 spiro atoms. The third kappa shape index (κ3) is 7.13. The average Bonchev–Trinajstić information content (AvgIpc) is 2.24. The Kier molecular flexibility index (Phi) is 5.76. The lowest BCUT2D eigenvalue weighted by atomic mass is 10.1. The smallest absolute Gasteiger partial charge is 0.127 e. The van der Waals surface area contributed by atoms with Gasteiger partial charge in [-0.05, 0) is 52.6 Å². The van der Waals surface area contributed by atoms with E-state index in [1.54, 1.807) is 0 Å². The topological polar surface area (TPSA) is 24.5 Å². The molecule has 0 aliphatic carbocycles. The van der Waals surface area contributed by atoms with Crippen LogP contribution in [0.1, 0.15) is 26.3 Å². The summed E-state index contributed by atoms with van der Waals surface area (Å²) in [6.45, 7) is 8.25. The molecule has 0 amide bonds. The Bertz CT molecular complexity index is 400. The van der Waals surface area contributed by atoms with Crippen molar-refractivity contribution in [2.45, 2.75) is 32.9 Å². The molecule has 0 fully saturated rings. The van der Waals surface area contributed by atoms with E-state index in [9.17, 15) is 4.39 Å². The maximum Gasteiger partial charge on any atom is 0.127 e. The minimum absolute atomic E-state index is 0.0122. The van der Waals surface area contributed by atoms with Gasteiger partial charge in [0, 0.05) is 24.7 Å². The van der Waals surface area contributed by atoms with Crippen LogP contribution in [0, 0.1) is 5.82 Å². The molecule has 1 aromatic carbocycles. The number of hydrogen-bond donors (Lipinski definition) is 1. The fourth-order valence-corrected chi connectivity index (χ4v) is 1.52. The van der Waals surface area contributed by atoms with Crippen molar-refractivity contribution in [1.29, 1.82) is 0 Å². The molecule has 0 unspecified atom stereocenters. The van der Waals surface area contributed by atoms with E-state index < -0.39 is 0 Å². The lowest BCUT2D eigenvalue weighted by molar-refractivity contribution is 0.260. The molecular formula is C15H25FN2O. The largest absolute Gasteiger partial charge is 0.492 e. The third-order valence-electron chi connectivity index (χ3n) is 2.56. The minimum atomic E-state index is -0.256. The van der Waals surface area contributed by atoms with Crippen molar-refractivity contribution in [3.05, 3.63) is 29.6 Å². The molecule has 0 atom stereocenters. The number of benzene rings is 1. The van der Waals surface area contributed by atoms with Gasteiger partial charge >= 0.3 is 0 Å². The highest BCUT2D eigenvalue weighted by Crippen LogP contribution is 2.17. The van der Waals surface area contributed by atoms with Crippen molar-refractivity contribution in [2.75, 3.05) is 27.2 Å². The number of halogens is 1.